The molecule has 2 amide bonds. The van der Waals surface area contributed by atoms with E-state index in [0.717, 1.165) is 29.7 Å². The summed E-state index contributed by atoms with van der Waals surface area (Å²) >= 11 is 1.30. The summed E-state index contributed by atoms with van der Waals surface area (Å²) in [5, 5.41) is 2.93. The minimum atomic E-state index is -3.87. The number of hydrogen-bond acceptors (Lipinski definition) is 7. The van der Waals surface area contributed by atoms with Crippen LogP contribution < -0.4 is 15.8 Å². The van der Waals surface area contributed by atoms with E-state index >= 15 is 0 Å². The molecule has 0 saturated heterocycles. The fraction of sp³-hybridized carbons (Fsp3) is 0.350. The number of hydrogen-bond donors (Lipinski definition) is 3. The summed E-state index contributed by atoms with van der Waals surface area (Å²) in [6, 6.07) is 7.55. The van der Waals surface area contributed by atoms with Crippen LogP contribution in [0.4, 0.5) is 5.00 Å². The number of anilines is 1. The molecule has 31 heavy (non-hydrogen) atoms. The number of thiophene rings is 1. The monoisotopic (exact) mass is 465 g/mol. The molecule has 0 aliphatic heterocycles. The van der Waals surface area contributed by atoms with Crippen LogP contribution in [-0.2, 0) is 37.2 Å². The number of nitrogens with two attached hydrogens (primary N) is 1. The molecule has 11 heteroatoms. The summed E-state index contributed by atoms with van der Waals surface area (Å²) in [6.07, 6.45) is 2.47. The van der Waals surface area contributed by atoms with Crippen LogP contribution in [0.15, 0.2) is 35.2 Å². The van der Waals surface area contributed by atoms with Crippen molar-refractivity contribution >= 4 is 44.1 Å². The second-order valence-electron chi connectivity index (χ2n) is 7.27. The molecule has 1 aliphatic rings. The van der Waals surface area contributed by atoms with Crippen molar-refractivity contribution in [2.24, 2.45) is 11.7 Å². The number of fused-ring (bicyclic) bond motifs is 1. The van der Waals surface area contributed by atoms with Gasteiger partial charge in [0.2, 0.25) is 10.0 Å². The van der Waals surface area contributed by atoms with Crippen LogP contribution in [0.3, 0.4) is 0 Å². The van der Waals surface area contributed by atoms with Crippen LogP contribution >= 0.6 is 11.3 Å². The summed E-state index contributed by atoms with van der Waals surface area (Å²) in [5.74, 6) is -1.69. The molecule has 2 aromatic rings. The molecule has 0 radical (unpaired) electrons. The van der Waals surface area contributed by atoms with Gasteiger partial charge in [-0.25, -0.2) is 8.42 Å². The summed E-state index contributed by atoms with van der Waals surface area (Å²) in [6.45, 7) is 0.877. The highest BCUT2D eigenvalue weighted by Crippen LogP contribution is 2.39. The average Bonchev–Trinajstić information content (AvgIpc) is 3.08. The van der Waals surface area contributed by atoms with E-state index in [-0.39, 0.29) is 4.90 Å². The van der Waals surface area contributed by atoms with Crippen molar-refractivity contribution < 1.29 is 27.5 Å². The van der Waals surface area contributed by atoms with Gasteiger partial charge in [-0.1, -0.05) is 25.1 Å². The number of rotatable bonds is 8. The molecule has 9 nitrogen and oxygen atoms in total. The van der Waals surface area contributed by atoms with Gasteiger partial charge < -0.3 is 15.8 Å². The molecule has 1 aromatic heterocycles. The van der Waals surface area contributed by atoms with E-state index in [9.17, 15) is 22.8 Å². The molecule has 0 spiro atoms. The van der Waals surface area contributed by atoms with Crippen molar-refractivity contribution in [3.8, 4) is 0 Å². The van der Waals surface area contributed by atoms with Crippen LogP contribution in [0.2, 0.25) is 0 Å². The maximum Gasteiger partial charge on any atom is 0.321 e. The first-order chi connectivity index (χ1) is 14.7. The first-order valence-corrected chi connectivity index (χ1v) is 11.9. The number of nitrogens with one attached hydrogen (secondary N) is 2. The number of primary amides is 1. The van der Waals surface area contributed by atoms with Crippen molar-refractivity contribution in [1.82, 2.24) is 4.72 Å². The highest BCUT2D eigenvalue weighted by Gasteiger charge is 2.27. The molecule has 0 fully saturated rings. The Hall–Kier alpha value is -2.76. The first-order valence-electron chi connectivity index (χ1n) is 9.62. The van der Waals surface area contributed by atoms with Gasteiger partial charge in [-0.2, -0.15) is 4.72 Å². The van der Waals surface area contributed by atoms with Crippen molar-refractivity contribution in [3.63, 3.8) is 0 Å². The Labute approximate surface area is 184 Å². The third-order valence-electron chi connectivity index (χ3n) is 4.84. The van der Waals surface area contributed by atoms with E-state index in [0.29, 0.717) is 16.5 Å². The lowest BCUT2D eigenvalue weighted by Crippen LogP contribution is -2.32. The Bertz CT molecular complexity index is 1100. The lowest BCUT2D eigenvalue weighted by molar-refractivity contribution is -0.146. The van der Waals surface area contributed by atoms with Gasteiger partial charge in [-0.3, -0.25) is 14.4 Å². The molecule has 1 atom stereocenters. The predicted octanol–water partition coefficient (Wildman–Crippen LogP) is 1.43. The average molecular weight is 466 g/mol. The van der Waals surface area contributed by atoms with Gasteiger partial charge in [0.05, 0.1) is 10.5 Å². The van der Waals surface area contributed by atoms with E-state index in [1.165, 1.54) is 23.5 Å². The zero-order valence-corrected chi connectivity index (χ0v) is 18.5. The number of ether oxygens (including phenoxy) is 1. The van der Waals surface area contributed by atoms with E-state index in [4.69, 9.17) is 10.5 Å². The van der Waals surface area contributed by atoms with Gasteiger partial charge >= 0.3 is 5.97 Å². The zero-order chi connectivity index (χ0) is 22.6. The fourth-order valence-electron chi connectivity index (χ4n) is 3.30. The lowest BCUT2D eigenvalue weighted by atomic mass is 9.88. The topological polar surface area (TPSA) is 145 Å². The Morgan fingerprint density at radius 1 is 1.23 bits per heavy atom. The second-order valence-corrected chi connectivity index (χ2v) is 10.1. The van der Waals surface area contributed by atoms with Crippen molar-refractivity contribution in [3.05, 3.63) is 46.3 Å². The van der Waals surface area contributed by atoms with Crippen LogP contribution in [-0.4, -0.2) is 39.4 Å². The third-order valence-corrected chi connectivity index (χ3v) is 7.42. The summed E-state index contributed by atoms with van der Waals surface area (Å²) in [5.41, 5.74) is 6.69. The molecule has 1 heterocycles. The van der Waals surface area contributed by atoms with Crippen LogP contribution in [0.1, 0.15) is 34.1 Å². The Balaban J connectivity index is 1.55. The Kier molecular flexibility index (Phi) is 7.08. The van der Waals surface area contributed by atoms with Gasteiger partial charge in [0.1, 0.15) is 11.5 Å². The highest BCUT2D eigenvalue weighted by atomic mass is 32.2. The number of benzene rings is 1. The van der Waals surface area contributed by atoms with Gasteiger partial charge in [0.15, 0.2) is 6.61 Å². The number of carbonyl (C=O) groups excluding carboxylic acids is 3. The molecule has 0 unspecified atom stereocenters. The normalized spacial score (nSPS) is 15.7. The maximum absolute atomic E-state index is 12.2. The smallest absolute Gasteiger partial charge is 0.321 e. The molecule has 0 bridgehead atoms. The van der Waals surface area contributed by atoms with Gasteiger partial charge in [0, 0.05) is 4.88 Å². The number of amides is 2. The quantitative estimate of drug-likeness (QED) is 0.503. The Morgan fingerprint density at radius 3 is 2.61 bits per heavy atom. The Morgan fingerprint density at radius 2 is 1.94 bits per heavy atom. The van der Waals surface area contributed by atoms with E-state index in [1.807, 2.05) is 0 Å². The summed E-state index contributed by atoms with van der Waals surface area (Å²) < 4.78 is 31.1. The minimum Gasteiger partial charge on any atom is -0.455 e. The zero-order valence-electron chi connectivity index (χ0n) is 16.8. The van der Waals surface area contributed by atoms with Gasteiger partial charge in [-0.15, -0.1) is 11.3 Å². The highest BCUT2D eigenvalue weighted by molar-refractivity contribution is 7.89. The van der Waals surface area contributed by atoms with Crippen LogP contribution in [0.5, 0.6) is 0 Å². The van der Waals surface area contributed by atoms with E-state index in [1.54, 1.807) is 18.2 Å². The van der Waals surface area contributed by atoms with Gasteiger partial charge in [-0.05, 0) is 42.9 Å². The molecule has 1 aliphatic carbocycles. The van der Waals surface area contributed by atoms with Crippen molar-refractivity contribution in [2.75, 3.05) is 18.5 Å². The van der Waals surface area contributed by atoms with E-state index in [2.05, 4.69) is 17.0 Å². The minimum absolute atomic E-state index is 0.00973. The molecule has 0 saturated carbocycles. The SMILES string of the molecule is C[C@H]1CCc2c(sc(NC(=O)COC(=O)CNS(=O)(=O)c3ccccc3)c2C(N)=O)C1. The molecule has 4 N–H and O–H groups in total. The molecule has 1 aromatic carbocycles. The number of carbonyl (C=O) groups is 3. The molecular formula is C20H23N3O6S2. The molecule has 3 rings (SSSR count). The van der Waals surface area contributed by atoms with Crippen LogP contribution in [0, 0.1) is 5.92 Å². The maximum atomic E-state index is 12.2. The van der Waals surface area contributed by atoms with Crippen molar-refractivity contribution in [1.29, 1.82) is 0 Å². The lowest BCUT2D eigenvalue weighted by Gasteiger charge is -2.18. The van der Waals surface area contributed by atoms with Crippen LogP contribution in [0.25, 0.3) is 0 Å². The molecular weight excluding hydrogens is 442 g/mol. The number of sulfonamides is 1. The second kappa shape index (κ2) is 9.58. The standard InChI is InChI=1S/C20H23N3O6S2/c1-12-7-8-14-15(9-12)30-20(18(14)19(21)26)23-16(24)11-29-17(25)10-22-31(27,28)13-5-3-2-4-6-13/h2-6,12,22H,7-11H2,1H3,(H2,21,26)(H,23,24)/t12-/m0/s1. The van der Waals surface area contributed by atoms with Crippen molar-refractivity contribution in [2.45, 2.75) is 31.1 Å². The fourth-order valence-corrected chi connectivity index (χ4v) is 5.72. The van der Waals surface area contributed by atoms with E-state index < -0.39 is 41.0 Å². The molecule has 166 valence electrons. The largest absolute Gasteiger partial charge is 0.455 e. The number of esters is 1. The summed E-state index contributed by atoms with van der Waals surface area (Å²) in [4.78, 5) is 37.0. The first kappa shape index (κ1) is 22.9. The predicted molar refractivity (Wildman–Crippen MR) is 115 cm³/mol. The summed E-state index contributed by atoms with van der Waals surface area (Å²) in [7, 11) is -3.87. The van der Waals surface area contributed by atoms with Gasteiger partial charge in [0.25, 0.3) is 11.8 Å². The third kappa shape index (κ3) is 5.69.